The van der Waals surface area contributed by atoms with Gasteiger partial charge in [0.1, 0.15) is 11.4 Å². The second kappa shape index (κ2) is 3.71. The number of rotatable bonds is 4. The highest BCUT2D eigenvalue weighted by Crippen LogP contribution is 2.21. The molecule has 1 aliphatic carbocycles. The van der Waals surface area contributed by atoms with Gasteiger partial charge in [0.15, 0.2) is 0 Å². The molecule has 3 rings (SSSR count). The molecule has 1 aliphatic rings. The van der Waals surface area contributed by atoms with Crippen LogP contribution in [0.3, 0.4) is 0 Å². The van der Waals surface area contributed by atoms with Crippen LogP contribution in [0.1, 0.15) is 18.5 Å². The Morgan fingerprint density at radius 3 is 3.06 bits per heavy atom. The van der Waals surface area contributed by atoms with Crippen molar-refractivity contribution in [1.82, 2.24) is 30.5 Å². The van der Waals surface area contributed by atoms with Gasteiger partial charge in [0.05, 0.1) is 5.69 Å². The van der Waals surface area contributed by atoms with E-state index in [-0.39, 0.29) is 0 Å². The van der Waals surface area contributed by atoms with Crippen molar-refractivity contribution in [3.05, 3.63) is 18.0 Å². The fourth-order valence-corrected chi connectivity index (χ4v) is 1.72. The molecule has 0 radical (unpaired) electrons. The number of H-pyrrole nitrogens is 1. The number of hydrogen-bond acceptors (Lipinski definition) is 4. The Kier molecular flexibility index (Phi) is 2.21. The van der Waals surface area contributed by atoms with E-state index in [0.29, 0.717) is 6.04 Å². The highest BCUT2D eigenvalue weighted by Gasteiger charge is 2.22. The number of nitrogens with one attached hydrogen (secondary N) is 2. The molecule has 2 aromatic rings. The fourth-order valence-electron chi connectivity index (χ4n) is 1.72. The average molecular weight is 218 g/mol. The van der Waals surface area contributed by atoms with E-state index in [1.54, 1.807) is 10.9 Å². The molecule has 1 fully saturated rings. The number of aryl methyl sites for hydroxylation is 1. The van der Waals surface area contributed by atoms with Gasteiger partial charge in [-0.15, -0.1) is 0 Å². The molecule has 0 saturated heterocycles. The van der Waals surface area contributed by atoms with Crippen molar-refractivity contribution < 1.29 is 0 Å². The summed E-state index contributed by atoms with van der Waals surface area (Å²) in [6.45, 7) is 0.766. The lowest BCUT2D eigenvalue weighted by Crippen LogP contribution is -2.16. The summed E-state index contributed by atoms with van der Waals surface area (Å²) in [4.78, 5) is 0. The SMILES string of the molecule is Cn1nccc1-c1n[nH]nc1CNC1CC1. The molecule has 0 bridgehead atoms. The quantitative estimate of drug-likeness (QED) is 0.782. The van der Waals surface area contributed by atoms with Crippen LogP contribution in [0.5, 0.6) is 0 Å². The minimum Gasteiger partial charge on any atom is -0.308 e. The van der Waals surface area contributed by atoms with Gasteiger partial charge in [-0.05, 0) is 18.9 Å². The smallest absolute Gasteiger partial charge is 0.135 e. The molecule has 1 saturated carbocycles. The number of hydrogen-bond donors (Lipinski definition) is 2. The van der Waals surface area contributed by atoms with E-state index in [4.69, 9.17) is 0 Å². The zero-order valence-corrected chi connectivity index (χ0v) is 9.14. The number of aromatic nitrogens is 5. The normalized spacial score (nSPS) is 15.6. The molecule has 0 amide bonds. The van der Waals surface area contributed by atoms with Crippen molar-refractivity contribution >= 4 is 0 Å². The van der Waals surface area contributed by atoms with Crippen molar-refractivity contribution in [3.63, 3.8) is 0 Å². The molecule has 6 nitrogen and oxygen atoms in total. The van der Waals surface area contributed by atoms with Crippen LogP contribution < -0.4 is 5.32 Å². The molecular formula is C10H14N6. The van der Waals surface area contributed by atoms with Crippen molar-refractivity contribution in [2.75, 3.05) is 0 Å². The van der Waals surface area contributed by atoms with E-state index in [1.165, 1.54) is 12.8 Å². The number of aromatic amines is 1. The van der Waals surface area contributed by atoms with Crippen molar-refractivity contribution in [2.24, 2.45) is 7.05 Å². The van der Waals surface area contributed by atoms with E-state index in [2.05, 4.69) is 25.8 Å². The first kappa shape index (κ1) is 9.53. The Balaban J connectivity index is 1.83. The van der Waals surface area contributed by atoms with E-state index in [1.807, 2.05) is 13.1 Å². The number of nitrogens with zero attached hydrogens (tertiary/aromatic N) is 4. The lowest BCUT2D eigenvalue weighted by Gasteiger charge is -2.02. The molecule has 0 unspecified atom stereocenters. The van der Waals surface area contributed by atoms with E-state index < -0.39 is 0 Å². The van der Waals surface area contributed by atoms with E-state index >= 15 is 0 Å². The summed E-state index contributed by atoms with van der Waals surface area (Å²) < 4.78 is 1.80. The third-order valence-corrected chi connectivity index (χ3v) is 2.82. The highest BCUT2D eigenvalue weighted by molar-refractivity contribution is 5.56. The predicted octanol–water partition coefficient (Wildman–Crippen LogP) is 0.457. The second-order valence-corrected chi connectivity index (χ2v) is 4.11. The molecule has 2 heterocycles. The van der Waals surface area contributed by atoms with Crippen LogP contribution in [-0.4, -0.2) is 31.2 Å². The Morgan fingerprint density at radius 2 is 2.38 bits per heavy atom. The zero-order chi connectivity index (χ0) is 11.0. The summed E-state index contributed by atoms with van der Waals surface area (Å²) in [5.41, 5.74) is 2.82. The monoisotopic (exact) mass is 218 g/mol. The van der Waals surface area contributed by atoms with Crippen molar-refractivity contribution in [2.45, 2.75) is 25.4 Å². The summed E-state index contributed by atoms with van der Waals surface area (Å²) in [7, 11) is 1.90. The lowest BCUT2D eigenvalue weighted by molar-refractivity contribution is 0.671. The van der Waals surface area contributed by atoms with Gasteiger partial charge in [0.25, 0.3) is 0 Å². The first-order valence-corrected chi connectivity index (χ1v) is 5.46. The summed E-state index contributed by atoms with van der Waals surface area (Å²) in [6, 6.07) is 2.62. The Labute approximate surface area is 93.0 Å². The molecule has 0 atom stereocenters. The van der Waals surface area contributed by atoms with Gasteiger partial charge >= 0.3 is 0 Å². The minimum atomic E-state index is 0.677. The molecular weight excluding hydrogens is 204 g/mol. The maximum absolute atomic E-state index is 4.18. The van der Waals surface area contributed by atoms with Crippen LogP contribution in [0, 0.1) is 0 Å². The Morgan fingerprint density at radius 1 is 1.50 bits per heavy atom. The van der Waals surface area contributed by atoms with Crippen LogP contribution in [0.2, 0.25) is 0 Å². The van der Waals surface area contributed by atoms with Crippen LogP contribution in [-0.2, 0) is 13.6 Å². The van der Waals surface area contributed by atoms with Gasteiger partial charge in [0, 0.05) is 25.8 Å². The van der Waals surface area contributed by atoms with Crippen molar-refractivity contribution in [1.29, 1.82) is 0 Å². The summed E-state index contributed by atoms with van der Waals surface area (Å²) >= 11 is 0. The minimum absolute atomic E-state index is 0.677. The second-order valence-electron chi connectivity index (χ2n) is 4.11. The van der Waals surface area contributed by atoms with Gasteiger partial charge in [-0.1, -0.05) is 0 Å². The van der Waals surface area contributed by atoms with Gasteiger partial charge in [-0.2, -0.15) is 20.5 Å². The predicted molar refractivity (Wildman–Crippen MR) is 58.4 cm³/mol. The molecule has 0 aromatic carbocycles. The van der Waals surface area contributed by atoms with Crippen LogP contribution >= 0.6 is 0 Å². The lowest BCUT2D eigenvalue weighted by atomic mass is 10.2. The Bertz CT molecular complexity index is 481. The van der Waals surface area contributed by atoms with Crippen LogP contribution in [0.4, 0.5) is 0 Å². The van der Waals surface area contributed by atoms with Gasteiger partial charge < -0.3 is 5.32 Å². The molecule has 0 aliphatic heterocycles. The molecule has 2 N–H and O–H groups in total. The molecule has 0 spiro atoms. The average Bonchev–Trinajstić information content (AvgIpc) is 2.83. The summed E-state index contributed by atoms with van der Waals surface area (Å²) in [5.74, 6) is 0. The summed E-state index contributed by atoms with van der Waals surface area (Å²) in [6.07, 6.45) is 4.32. The molecule has 6 heteroatoms. The topological polar surface area (TPSA) is 71.4 Å². The van der Waals surface area contributed by atoms with E-state index in [9.17, 15) is 0 Å². The zero-order valence-electron chi connectivity index (χ0n) is 9.14. The molecule has 16 heavy (non-hydrogen) atoms. The van der Waals surface area contributed by atoms with Gasteiger partial charge in [-0.25, -0.2) is 0 Å². The van der Waals surface area contributed by atoms with Crippen LogP contribution in [0.15, 0.2) is 12.3 Å². The third kappa shape index (κ3) is 1.71. The largest absolute Gasteiger partial charge is 0.308 e. The fraction of sp³-hybridized carbons (Fsp3) is 0.500. The third-order valence-electron chi connectivity index (χ3n) is 2.82. The highest BCUT2D eigenvalue weighted by atomic mass is 15.4. The van der Waals surface area contributed by atoms with Gasteiger partial charge in [-0.3, -0.25) is 4.68 Å². The Hall–Kier alpha value is -1.69. The molecule has 84 valence electrons. The summed E-state index contributed by atoms with van der Waals surface area (Å²) in [5, 5.41) is 18.6. The first-order chi connectivity index (χ1) is 7.84. The first-order valence-electron chi connectivity index (χ1n) is 5.46. The van der Waals surface area contributed by atoms with Crippen LogP contribution in [0.25, 0.3) is 11.4 Å². The molecule has 2 aromatic heterocycles. The van der Waals surface area contributed by atoms with E-state index in [0.717, 1.165) is 23.6 Å². The standard InChI is InChI=1S/C10H14N6/c1-16-9(4-5-12-16)10-8(13-15-14-10)6-11-7-2-3-7/h4-5,7,11H,2-3,6H2,1H3,(H,13,14,15). The maximum atomic E-state index is 4.18. The van der Waals surface area contributed by atoms with Crippen molar-refractivity contribution in [3.8, 4) is 11.4 Å². The maximum Gasteiger partial charge on any atom is 0.135 e. The van der Waals surface area contributed by atoms with Gasteiger partial charge in [0.2, 0.25) is 0 Å².